The van der Waals surface area contributed by atoms with Gasteiger partial charge in [0.25, 0.3) is 5.91 Å². The number of hydrogen-bond acceptors (Lipinski definition) is 3. The highest BCUT2D eigenvalue weighted by molar-refractivity contribution is 9.10. The first-order valence-electron chi connectivity index (χ1n) is 5.18. The summed E-state index contributed by atoms with van der Waals surface area (Å²) in [4.78, 5) is 15.9. The van der Waals surface area contributed by atoms with E-state index in [4.69, 9.17) is 4.42 Å². The lowest BCUT2D eigenvalue weighted by Gasteiger charge is -2.04. The van der Waals surface area contributed by atoms with Gasteiger partial charge in [-0.2, -0.15) is 0 Å². The highest BCUT2D eigenvalue weighted by atomic mass is 79.9. The van der Waals surface area contributed by atoms with Gasteiger partial charge in [0.15, 0.2) is 5.89 Å². The zero-order valence-electron chi connectivity index (χ0n) is 9.75. The molecule has 0 bridgehead atoms. The van der Waals surface area contributed by atoms with Crippen molar-refractivity contribution >= 4 is 27.5 Å². The van der Waals surface area contributed by atoms with Gasteiger partial charge in [-0.05, 0) is 41.1 Å². The van der Waals surface area contributed by atoms with Crippen LogP contribution in [-0.2, 0) is 0 Å². The number of hydrogen-bond donors (Lipinski definition) is 1. The van der Waals surface area contributed by atoms with Gasteiger partial charge in [-0.1, -0.05) is 0 Å². The molecule has 1 aromatic heterocycles. The van der Waals surface area contributed by atoms with Gasteiger partial charge in [0.05, 0.1) is 10.2 Å². The summed E-state index contributed by atoms with van der Waals surface area (Å²) < 4.78 is 18.8. The molecule has 18 heavy (non-hydrogen) atoms. The first kappa shape index (κ1) is 12.8. The number of aromatic nitrogens is 1. The van der Waals surface area contributed by atoms with Crippen LogP contribution in [0.2, 0.25) is 0 Å². The van der Waals surface area contributed by atoms with Crippen LogP contribution >= 0.6 is 15.9 Å². The summed E-state index contributed by atoms with van der Waals surface area (Å²) >= 11 is 3.04. The second-order valence-corrected chi connectivity index (χ2v) is 4.58. The Hall–Kier alpha value is -1.69. The fourth-order valence-corrected chi connectivity index (χ4v) is 1.75. The summed E-state index contributed by atoms with van der Waals surface area (Å²) in [7, 11) is 0. The Morgan fingerprint density at radius 2 is 2.17 bits per heavy atom. The predicted octanol–water partition coefficient (Wildman–Crippen LogP) is 3.45. The Kier molecular flexibility index (Phi) is 3.47. The number of carbonyl (C=O) groups excluding carboxylic acids is 1. The first-order chi connectivity index (χ1) is 8.47. The molecule has 94 valence electrons. The van der Waals surface area contributed by atoms with Gasteiger partial charge >= 0.3 is 0 Å². The topological polar surface area (TPSA) is 55.1 Å². The molecular weight excluding hydrogens is 303 g/mol. The minimum atomic E-state index is -0.449. The number of aryl methyl sites for hydroxylation is 2. The lowest BCUT2D eigenvalue weighted by atomic mass is 10.3. The van der Waals surface area contributed by atoms with Gasteiger partial charge in [-0.3, -0.25) is 4.79 Å². The smallest absolute Gasteiger partial charge is 0.293 e. The number of carbonyl (C=O) groups is 1. The predicted molar refractivity (Wildman–Crippen MR) is 68.0 cm³/mol. The quantitative estimate of drug-likeness (QED) is 0.924. The van der Waals surface area contributed by atoms with Crippen molar-refractivity contribution in [2.45, 2.75) is 13.8 Å². The van der Waals surface area contributed by atoms with E-state index in [0.29, 0.717) is 21.7 Å². The summed E-state index contributed by atoms with van der Waals surface area (Å²) in [6, 6.07) is 4.33. The third kappa shape index (κ3) is 2.59. The molecule has 0 fully saturated rings. The van der Waals surface area contributed by atoms with Crippen molar-refractivity contribution in [2.24, 2.45) is 0 Å². The van der Waals surface area contributed by atoms with Crippen LogP contribution in [0.25, 0.3) is 0 Å². The molecule has 0 aliphatic heterocycles. The standard InChI is InChI=1S/C12H10BrFN2O2/c1-6-11(18-7(2)15-6)12(17)16-8-3-4-9(13)10(14)5-8/h3-5H,1-2H3,(H,16,17). The fourth-order valence-electron chi connectivity index (χ4n) is 1.50. The van der Waals surface area contributed by atoms with E-state index < -0.39 is 11.7 Å². The number of anilines is 1. The van der Waals surface area contributed by atoms with Crippen LogP contribution in [0.5, 0.6) is 0 Å². The number of benzene rings is 1. The summed E-state index contributed by atoms with van der Waals surface area (Å²) in [5, 5.41) is 2.55. The summed E-state index contributed by atoms with van der Waals surface area (Å²) in [5.74, 6) is -0.344. The SMILES string of the molecule is Cc1nc(C)c(C(=O)Nc2ccc(Br)c(F)c2)o1. The molecule has 0 saturated carbocycles. The molecule has 2 rings (SSSR count). The van der Waals surface area contributed by atoms with E-state index in [1.54, 1.807) is 19.9 Å². The summed E-state index contributed by atoms with van der Waals surface area (Å²) in [5.41, 5.74) is 0.858. The van der Waals surface area contributed by atoms with Crippen LogP contribution in [0.15, 0.2) is 27.1 Å². The van der Waals surface area contributed by atoms with Gasteiger partial charge in [-0.15, -0.1) is 0 Å². The van der Waals surface area contributed by atoms with Crippen LogP contribution < -0.4 is 5.32 Å². The van der Waals surface area contributed by atoms with Crippen molar-refractivity contribution in [2.75, 3.05) is 5.32 Å². The van der Waals surface area contributed by atoms with E-state index >= 15 is 0 Å². The van der Waals surface area contributed by atoms with E-state index in [0.717, 1.165) is 0 Å². The maximum atomic E-state index is 13.3. The molecule has 0 aliphatic rings. The normalized spacial score (nSPS) is 10.4. The van der Waals surface area contributed by atoms with Gasteiger partial charge in [0, 0.05) is 12.6 Å². The highest BCUT2D eigenvalue weighted by Crippen LogP contribution is 2.20. The van der Waals surface area contributed by atoms with Crippen molar-refractivity contribution in [3.63, 3.8) is 0 Å². The Morgan fingerprint density at radius 3 is 2.72 bits per heavy atom. The highest BCUT2D eigenvalue weighted by Gasteiger charge is 2.16. The molecular formula is C12H10BrFN2O2. The molecule has 0 spiro atoms. The lowest BCUT2D eigenvalue weighted by Crippen LogP contribution is -2.12. The van der Waals surface area contributed by atoms with Gasteiger partial charge in [0.1, 0.15) is 5.82 Å². The summed E-state index contributed by atoms with van der Waals surface area (Å²) in [6.45, 7) is 3.33. The van der Waals surface area contributed by atoms with Crippen LogP contribution in [0.1, 0.15) is 22.1 Å². The molecule has 1 heterocycles. The maximum absolute atomic E-state index is 13.3. The Morgan fingerprint density at radius 1 is 1.44 bits per heavy atom. The van der Waals surface area contributed by atoms with Crippen LogP contribution in [-0.4, -0.2) is 10.9 Å². The minimum Gasteiger partial charge on any atom is -0.436 e. The molecule has 0 unspecified atom stereocenters. The van der Waals surface area contributed by atoms with Gasteiger partial charge in [0.2, 0.25) is 5.76 Å². The van der Waals surface area contributed by atoms with Crippen molar-refractivity contribution in [1.29, 1.82) is 0 Å². The molecule has 0 saturated heterocycles. The van der Waals surface area contributed by atoms with E-state index in [-0.39, 0.29) is 5.76 Å². The molecule has 1 amide bonds. The van der Waals surface area contributed by atoms with Crippen molar-refractivity contribution in [3.8, 4) is 0 Å². The van der Waals surface area contributed by atoms with Gasteiger partial charge < -0.3 is 9.73 Å². The summed E-state index contributed by atoms with van der Waals surface area (Å²) in [6.07, 6.45) is 0. The van der Waals surface area contributed by atoms with Crippen LogP contribution in [0, 0.1) is 19.7 Å². The lowest BCUT2D eigenvalue weighted by molar-refractivity contribution is 0.0994. The number of nitrogens with zero attached hydrogens (tertiary/aromatic N) is 1. The second kappa shape index (κ2) is 4.89. The number of amides is 1. The zero-order chi connectivity index (χ0) is 13.3. The van der Waals surface area contributed by atoms with Crippen LogP contribution in [0.4, 0.5) is 10.1 Å². The number of halogens is 2. The van der Waals surface area contributed by atoms with Crippen molar-refractivity contribution < 1.29 is 13.6 Å². The molecule has 0 aliphatic carbocycles. The zero-order valence-corrected chi connectivity index (χ0v) is 11.3. The molecule has 6 heteroatoms. The van der Waals surface area contributed by atoms with E-state index in [1.807, 2.05) is 0 Å². The number of nitrogens with one attached hydrogen (secondary N) is 1. The van der Waals surface area contributed by atoms with E-state index in [9.17, 15) is 9.18 Å². The maximum Gasteiger partial charge on any atom is 0.293 e. The van der Waals surface area contributed by atoms with Crippen LogP contribution in [0.3, 0.4) is 0 Å². The second-order valence-electron chi connectivity index (χ2n) is 3.73. The molecule has 2 aromatic rings. The van der Waals surface area contributed by atoms with E-state index in [2.05, 4.69) is 26.2 Å². The van der Waals surface area contributed by atoms with Gasteiger partial charge in [-0.25, -0.2) is 9.37 Å². The number of oxazole rings is 1. The molecule has 0 atom stereocenters. The third-order valence-electron chi connectivity index (χ3n) is 2.29. The number of rotatable bonds is 2. The van der Waals surface area contributed by atoms with E-state index in [1.165, 1.54) is 12.1 Å². The first-order valence-corrected chi connectivity index (χ1v) is 5.97. The fraction of sp³-hybridized carbons (Fsp3) is 0.167. The third-order valence-corrected chi connectivity index (χ3v) is 2.93. The Labute approximate surface area is 111 Å². The molecule has 1 aromatic carbocycles. The van der Waals surface area contributed by atoms with Crippen molar-refractivity contribution in [1.82, 2.24) is 4.98 Å². The average Bonchev–Trinajstić information content (AvgIpc) is 2.63. The monoisotopic (exact) mass is 312 g/mol. The van der Waals surface area contributed by atoms with Crippen molar-refractivity contribution in [3.05, 3.63) is 45.8 Å². The molecule has 4 nitrogen and oxygen atoms in total. The molecule has 0 radical (unpaired) electrons. The molecule has 1 N–H and O–H groups in total. The largest absolute Gasteiger partial charge is 0.436 e. The average molecular weight is 313 g/mol. The Bertz CT molecular complexity index is 610. The Balaban J connectivity index is 2.21. The minimum absolute atomic E-state index is 0.135.